The maximum atomic E-state index is 8.98. The monoisotopic (exact) mass is 269 g/mol. The van der Waals surface area contributed by atoms with Gasteiger partial charge in [-0.2, -0.15) is 0 Å². The minimum atomic E-state index is -0.308. The van der Waals surface area contributed by atoms with Gasteiger partial charge in [0.25, 0.3) is 0 Å². The first-order chi connectivity index (χ1) is 9.10. The average Bonchev–Trinajstić information content (AvgIpc) is 2.40. The van der Waals surface area contributed by atoms with Gasteiger partial charge in [0, 0.05) is 6.54 Å². The molecule has 0 aliphatic heterocycles. The van der Waals surface area contributed by atoms with Crippen LogP contribution in [-0.2, 0) is 6.54 Å². The first-order valence-electron chi connectivity index (χ1n) is 6.39. The van der Waals surface area contributed by atoms with E-state index in [0.717, 1.165) is 5.56 Å². The van der Waals surface area contributed by atoms with Crippen molar-refractivity contribution in [3.05, 3.63) is 23.8 Å². The van der Waals surface area contributed by atoms with E-state index in [4.69, 9.17) is 19.7 Å². The minimum Gasteiger partial charge on any atom is -0.493 e. The molecule has 1 aromatic carbocycles. The number of hydrogen-bond donors (Lipinski definition) is 3. The summed E-state index contributed by atoms with van der Waals surface area (Å²) in [5, 5.41) is 21.0. The second-order valence-electron chi connectivity index (χ2n) is 4.59. The number of aliphatic hydroxyl groups is 2. The largest absolute Gasteiger partial charge is 0.493 e. The Hall–Kier alpha value is -1.30. The number of ether oxygens (including phenoxy) is 2. The van der Waals surface area contributed by atoms with Gasteiger partial charge in [-0.3, -0.25) is 0 Å². The van der Waals surface area contributed by atoms with Gasteiger partial charge in [-0.1, -0.05) is 6.07 Å². The molecule has 0 amide bonds. The van der Waals surface area contributed by atoms with Crippen LogP contribution < -0.4 is 14.8 Å². The van der Waals surface area contributed by atoms with E-state index in [1.165, 1.54) is 0 Å². The van der Waals surface area contributed by atoms with Crippen LogP contribution in [0.3, 0.4) is 0 Å². The molecular formula is C14H23NO4. The molecule has 1 aromatic rings. The fourth-order valence-corrected chi connectivity index (χ4v) is 1.62. The van der Waals surface area contributed by atoms with Gasteiger partial charge in [-0.25, -0.2) is 0 Å². The molecule has 0 aromatic heterocycles. The quantitative estimate of drug-likeness (QED) is 0.655. The molecule has 5 heteroatoms. The molecule has 0 spiro atoms. The zero-order valence-corrected chi connectivity index (χ0v) is 11.7. The maximum absolute atomic E-state index is 8.98. The average molecular weight is 269 g/mol. The summed E-state index contributed by atoms with van der Waals surface area (Å²) in [4.78, 5) is 0. The van der Waals surface area contributed by atoms with E-state index in [-0.39, 0.29) is 25.4 Å². The molecule has 0 bridgehead atoms. The van der Waals surface area contributed by atoms with Crippen LogP contribution in [0.15, 0.2) is 18.2 Å². The third-order valence-corrected chi connectivity index (χ3v) is 2.63. The zero-order chi connectivity index (χ0) is 14.3. The van der Waals surface area contributed by atoms with Crippen LogP contribution in [0.1, 0.15) is 19.4 Å². The molecule has 108 valence electrons. The summed E-state index contributed by atoms with van der Waals surface area (Å²) in [5.41, 5.74) is 1.000. The SMILES string of the molecule is COc1cc(CNC(CO)CO)ccc1OC(C)C. The van der Waals surface area contributed by atoms with Crippen LogP contribution in [0.25, 0.3) is 0 Å². The molecular weight excluding hydrogens is 246 g/mol. The molecule has 0 heterocycles. The van der Waals surface area contributed by atoms with Gasteiger partial charge in [0.15, 0.2) is 11.5 Å². The molecule has 0 saturated heterocycles. The Morgan fingerprint density at radius 3 is 2.37 bits per heavy atom. The number of methoxy groups -OCH3 is 1. The summed E-state index contributed by atoms with van der Waals surface area (Å²) >= 11 is 0. The van der Waals surface area contributed by atoms with Crippen LogP contribution in [0, 0.1) is 0 Å². The van der Waals surface area contributed by atoms with Crippen LogP contribution in [0.5, 0.6) is 11.5 Å². The van der Waals surface area contributed by atoms with Gasteiger partial charge in [0.1, 0.15) is 0 Å². The highest BCUT2D eigenvalue weighted by atomic mass is 16.5. The van der Waals surface area contributed by atoms with Crippen molar-refractivity contribution in [3.63, 3.8) is 0 Å². The van der Waals surface area contributed by atoms with Crippen LogP contribution in [0.4, 0.5) is 0 Å². The Morgan fingerprint density at radius 1 is 1.16 bits per heavy atom. The van der Waals surface area contributed by atoms with Gasteiger partial charge in [0.05, 0.1) is 32.5 Å². The fourth-order valence-electron chi connectivity index (χ4n) is 1.62. The zero-order valence-electron chi connectivity index (χ0n) is 11.7. The molecule has 0 fully saturated rings. The topological polar surface area (TPSA) is 71.0 Å². The molecule has 19 heavy (non-hydrogen) atoms. The Bertz CT molecular complexity index is 378. The standard InChI is InChI=1S/C14H23NO4/c1-10(2)19-13-5-4-11(6-14(13)18-3)7-15-12(8-16)9-17/h4-6,10,12,15-17H,7-9H2,1-3H3. The van der Waals surface area contributed by atoms with E-state index in [1.807, 2.05) is 32.0 Å². The van der Waals surface area contributed by atoms with E-state index in [1.54, 1.807) is 7.11 Å². The lowest BCUT2D eigenvalue weighted by molar-refractivity contribution is 0.170. The van der Waals surface area contributed by atoms with Crippen molar-refractivity contribution in [1.82, 2.24) is 5.32 Å². The van der Waals surface area contributed by atoms with Gasteiger partial charge in [-0.05, 0) is 31.5 Å². The lowest BCUT2D eigenvalue weighted by Gasteiger charge is -2.16. The highest BCUT2D eigenvalue weighted by Gasteiger charge is 2.09. The van der Waals surface area contributed by atoms with Crippen molar-refractivity contribution in [3.8, 4) is 11.5 Å². The minimum absolute atomic E-state index is 0.0889. The van der Waals surface area contributed by atoms with Crippen molar-refractivity contribution in [1.29, 1.82) is 0 Å². The van der Waals surface area contributed by atoms with Crippen molar-refractivity contribution < 1.29 is 19.7 Å². The van der Waals surface area contributed by atoms with Crippen molar-refractivity contribution in [2.24, 2.45) is 0 Å². The Labute approximate surface area is 114 Å². The number of benzene rings is 1. The summed E-state index contributed by atoms with van der Waals surface area (Å²) in [6.07, 6.45) is 0.0889. The highest BCUT2D eigenvalue weighted by Crippen LogP contribution is 2.28. The van der Waals surface area contributed by atoms with Gasteiger partial charge < -0.3 is 25.0 Å². The number of hydrogen-bond acceptors (Lipinski definition) is 5. The number of aliphatic hydroxyl groups excluding tert-OH is 2. The predicted molar refractivity (Wildman–Crippen MR) is 73.6 cm³/mol. The Morgan fingerprint density at radius 2 is 1.84 bits per heavy atom. The molecule has 0 aliphatic rings. The van der Waals surface area contributed by atoms with Crippen molar-refractivity contribution >= 4 is 0 Å². The Balaban J connectivity index is 2.70. The molecule has 0 saturated carbocycles. The maximum Gasteiger partial charge on any atom is 0.161 e. The smallest absolute Gasteiger partial charge is 0.161 e. The molecule has 0 atom stereocenters. The summed E-state index contributed by atoms with van der Waals surface area (Å²) in [5.74, 6) is 1.39. The predicted octanol–water partition coefficient (Wildman–Crippen LogP) is 0.925. The van der Waals surface area contributed by atoms with Crippen molar-refractivity contribution in [2.45, 2.75) is 32.5 Å². The normalized spacial score (nSPS) is 11.1. The molecule has 5 nitrogen and oxygen atoms in total. The van der Waals surface area contributed by atoms with Crippen LogP contribution in [-0.4, -0.2) is 42.7 Å². The first-order valence-corrected chi connectivity index (χ1v) is 6.39. The van der Waals surface area contributed by atoms with Gasteiger partial charge in [-0.15, -0.1) is 0 Å². The summed E-state index contributed by atoms with van der Waals surface area (Å²) in [7, 11) is 1.60. The van der Waals surface area contributed by atoms with Crippen LogP contribution in [0.2, 0.25) is 0 Å². The lowest BCUT2D eigenvalue weighted by atomic mass is 10.2. The van der Waals surface area contributed by atoms with E-state index in [2.05, 4.69) is 5.32 Å². The molecule has 3 N–H and O–H groups in total. The summed E-state index contributed by atoms with van der Waals surface area (Å²) in [6.45, 7) is 4.28. The van der Waals surface area contributed by atoms with E-state index in [9.17, 15) is 0 Å². The fraction of sp³-hybridized carbons (Fsp3) is 0.571. The second kappa shape index (κ2) is 7.99. The third kappa shape index (κ3) is 5.06. The van der Waals surface area contributed by atoms with Gasteiger partial charge in [0.2, 0.25) is 0 Å². The molecule has 0 aliphatic carbocycles. The molecule has 0 unspecified atom stereocenters. The van der Waals surface area contributed by atoms with E-state index in [0.29, 0.717) is 18.0 Å². The number of nitrogens with one attached hydrogen (secondary N) is 1. The first kappa shape index (κ1) is 15.8. The lowest BCUT2D eigenvalue weighted by Crippen LogP contribution is -2.35. The summed E-state index contributed by atoms with van der Waals surface area (Å²) < 4.78 is 10.9. The molecule has 0 radical (unpaired) electrons. The second-order valence-corrected chi connectivity index (χ2v) is 4.59. The third-order valence-electron chi connectivity index (χ3n) is 2.63. The summed E-state index contributed by atoms with van der Waals surface area (Å²) in [6, 6.07) is 5.37. The Kier molecular flexibility index (Phi) is 6.62. The number of rotatable bonds is 8. The van der Waals surface area contributed by atoms with E-state index >= 15 is 0 Å². The highest BCUT2D eigenvalue weighted by molar-refractivity contribution is 5.43. The van der Waals surface area contributed by atoms with E-state index < -0.39 is 0 Å². The van der Waals surface area contributed by atoms with Crippen molar-refractivity contribution in [2.75, 3.05) is 20.3 Å². The van der Waals surface area contributed by atoms with Gasteiger partial charge >= 0.3 is 0 Å². The van der Waals surface area contributed by atoms with Crippen LogP contribution >= 0.6 is 0 Å². The molecule has 1 rings (SSSR count).